The maximum absolute atomic E-state index is 13.0. The van der Waals surface area contributed by atoms with Crippen LogP contribution in [0.1, 0.15) is 30.6 Å². The molecule has 1 N–H and O–H groups in total. The summed E-state index contributed by atoms with van der Waals surface area (Å²) in [5.41, 5.74) is 1.32. The molecule has 0 spiro atoms. The van der Waals surface area contributed by atoms with Crippen molar-refractivity contribution in [2.75, 3.05) is 32.0 Å². The third-order valence-electron chi connectivity index (χ3n) is 4.96. The van der Waals surface area contributed by atoms with Crippen LogP contribution in [0.2, 0.25) is 0 Å². The molecule has 0 atom stereocenters. The monoisotopic (exact) mass is 405 g/mol. The first kappa shape index (κ1) is 20.4. The van der Waals surface area contributed by atoms with Gasteiger partial charge in [-0.2, -0.15) is 4.31 Å². The van der Waals surface area contributed by atoms with Crippen molar-refractivity contribution in [1.29, 1.82) is 0 Å². The van der Waals surface area contributed by atoms with Gasteiger partial charge < -0.3 is 14.6 Å². The van der Waals surface area contributed by atoms with Gasteiger partial charge in [-0.1, -0.05) is 12.5 Å². The fourth-order valence-corrected chi connectivity index (χ4v) is 5.04. The third kappa shape index (κ3) is 4.74. The number of furan rings is 1. The molecule has 1 aliphatic heterocycles. The van der Waals surface area contributed by atoms with Gasteiger partial charge >= 0.3 is 0 Å². The van der Waals surface area contributed by atoms with Crippen LogP contribution in [0.4, 0.5) is 5.69 Å². The minimum absolute atomic E-state index is 0.0729. The van der Waals surface area contributed by atoms with Crippen LogP contribution in [0.3, 0.4) is 0 Å². The zero-order valence-electron chi connectivity index (χ0n) is 16.3. The number of anilines is 1. The van der Waals surface area contributed by atoms with Gasteiger partial charge in [0.1, 0.15) is 5.76 Å². The van der Waals surface area contributed by atoms with Crippen molar-refractivity contribution in [3.05, 3.63) is 47.9 Å². The van der Waals surface area contributed by atoms with Crippen molar-refractivity contribution < 1.29 is 17.6 Å². The Morgan fingerprint density at radius 3 is 2.64 bits per heavy atom. The molecule has 3 rings (SSSR count). The number of benzene rings is 1. The zero-order valence-corrected chi connectivity index (χ0v) is 17.2. The molecule has 0 radical (unpaired) electrons. The smallest absolute Gasteiger partial charge is 0.243 e. The summed E-state index contributed by atoms with van der Waals surface area (Å²) in [7, 11) is -1.82. The minimum atomic E-state index is -3.52. The summed E-state index contributed by atoms with van der Waals surface area (Å²) in [4.78, 5) is 14.2. The molecule has 1 saturated heterocycles. The van der Waals surface area contributed by atoms with Gasteiger partial charge in [0.2, 0.25) is 15.9 Å². The quantitative estimate of drug-likeness (QED) is 0.766. The summed E-state index contributed by atoms with van der Waals surface area (Å²) < 4.78 is 32.8. The van der Waals surface area contributed by atoms with Gasteiger partial charge in [0.25, 0.3) is 0 Å². The van der Waals surface area contributed by atoms with Gasteiger partial charge in [-0.15, -0.1) is 0 Å². The minimum Gasteiger partial charge on any atom is -0.467 e. The first-order valence-electron chi connectivity index (χ1n) is 9.49. The van der Waals surface area contributed by atoms with Crippen molar-refractivity contribution >= 4 is 21.6 Å². The molecule has 1 aliphatic rings. The van der Waals surface area contributed by atoms with Crippen molar-refractivity contribution in [3.63, 3.8) is 0 Å². The van der Waals surface area contributed by atoms with Crippen LogP contribution in [0.25, 0.3) is 0 Å². The maximum atomic E-state index is 13.0. The van der Waals surface area contributed by atoms with Crippen molar-refractivity contribution in [1.82, 2.24) is 9.21 Å². The largest absolute Gasteiger partial charge is 0.467 e. The van der Waals surface area contributed by atoms with Gasteiger partial charge in [-0.05, 0) is 49.6 Å². The number of nitrogens with one attached hydrogen (secondary N) is 1. The van der Waals surface area contributed by atoms with Crippen LogP contribution in [-0.2, 0) is 21.4 Å². The summed E-state index contributed by atoms with van der Waals surface area (Å²) >= 11 is 0. The molecule has 1 aromatic heterocycles. The number of hydrogen-bond acceptors (Lipinski definition) is 5. The predicted octanol–water partition coefficient (Wildman–Crippen LogP) is 2.83. The van der Waals surface area contributed by atoms with Crippen LogP contribution >= 0.6 is 0 Å². The number of piperidine rings is 1. The molecule has 1 amide bonds. The van der Waals surface area contributed by atoms with Crippen LogP contribution in [0, 0.1) is 6.92 Å². The van der Waals surface area contributed by atoms with Crippen LogP contribution in [-0.4, -0.2) is 50.2 Å². The topological polar surface area (TPSA) is 82.9 Å². The molecule has 2 heterocycles. The van der Waals surface area contributed by atoms with Gasteiger partial charge in [-0.3, -0.25) is 4.79 Å². The number of likely N-dealkylation sites (N-methyl/N-ethyl adjacent to an activating group) is 1. The Morgan fingerprint density at radius 1 is 1.21 bits per heavy atom. The first-order chi connectivity index (χ1) is 13.4. The summed E-state index contributed by atoms with van der Waals surface area (Å²) in [6.07, 6.45) is 4.43. The van der Waals surface area contributed by atoms with Gasteiger partial charge in [0, 0.05) is 25.8 Å². The Hall–Kier alpha value is -2.32. The molecule has 8 heteroatoms. The van der Waals surface area contributed by atoms with E-state index in [4.69, 9.17) is 4.42 Å². The second-order valence-electron chi connectivity index (χ2n) is 7.13. The average Bonchev–Trinajstić information content (AvgIpc) is 3.20. The van der Waals surface area contributed by atoms with Gasteiger partial charge in [0.15, 0.2) is 0 Å². The van der Waals surface area contributed by atoms with Gasteiger partial charge in [-0.25, -0.2) is 8.42 Å². The molecule has 1 fully saturated rings. The molecular weight excluding hydrogens is 378 g/mol. The van der Waals surface area contributed by atoms with E-state index in [-0.39, 0.29) is 12.5 Å². The fourth-order valence-electron chi connectivity index (χ4n) is 3.27. The Labute approximate surface area is 166 Å². The maximum Gasteiger partial charge on any atom is 0.243 e. The Kier molecular flexibility index (Phi) is 6.41. The molecule has 152 valence electrons. The van der Waals surface area contributed by atoms with E-state index in [1.165, 1.54) is 0 Å². The Morgan fingerprint density at radius 2 is 1.96 bits per heavy atom. The molecule has 0 aliphatic carbocycles. The summed E-state index contributed by atoms with van der Waals surface area (Å²) in [6.45, 7) is 3.38. The first-order valence-corrected chi connectivity index (χ1v) is 10.9. The highest BCUT2D eigenvalue weighted by molar-refractivity contribution is 7.89. The molecular formula is C20H27N3O4S. The molecule has 28 heavy (non-hydrogen) atoms. The Balaban J connectivity index is 1.66. The van der Waals surface area contributed by atoms with E-state index in [2.05, 4.69) is 5.32 Å². The highest BCUT2D eigenvalue weighted by atomic mass is 32.2. The lowest BCUT2D eigenvalue weighted by Crippen LogP contribution is -2.36. The fraction of sp³-hybridized carbons (Fsp3) is 0.450. The number of nitrogens with zero attached hydrogens (tertiary/aromatic N) is 2. The Bertz CT molecular complexity index is 904. The second kappa shape index (κ2) is 8.79. The zero-order chi connectivity index (χ0) is 20.1. The van der Waals surface area contributed by atoms with Crippen molar-refractivity contribution in [2.45, 2.75) is 37.6 Å². The summed E-state index contributed by atoms with van der Waals surface area (Å²) in [5, 5.41) is 3.04. The predicted molar refractivity (Wildman–Crippen MR) is 107 cm³/mol. The molecule has 0 saturated carbocycles. The van der Waals surface area contributed by atoms with E-state index in [9.17, 15) is 13.2 Å². The van der Waals surface area contributed by atoms with E-state index < -0.39 is 10.0 Å². The second-order valence-corrected chi connectivity index (χ2v) is 9.03. The highest BCUT2D eigenvalue weighted by Gasteiger charge is 2.27. The SMILES string of the molecule is Cc1ccc(NCC(=O)N(C)Cc2ccco2)cc1S(=O)(=O)N1CCCCC1. The standard InChI is InChI=1S/C20H27N3O4S/c1-16-8-9-17(13-19(16)28(25,26)23-10-4-3-5-11-23)21-14-20(24)22(2)15-18-7-6-12-27-18/h6-9,12-13,21H,3-5,10-11,14-15H2,1-2H3. The number of sulfonamides is 1. The molecule has 7 nitrogen and oxygen atoms in total. The van der Waals surface area contributed by atoms with E-state index in [0.717, 1.165) is 19.3 Å². The van der Waals surface area contributed by atoms with Crippen LogP contribution in [0.15, 0.2) is 45.9 Å². The van der Waals surface area contributed by atoms with E-state index in [0.29, 0.717) is 41.5 Å². The van der Waals surface area contributed by atoms with Crippen molar-refractivity contribution in [2.24, 2.45) is 0 Å². The number of rotatable bonds is 7. The molecule has 0 bridgehead atoms. The molecule has 0 unspecified atom stereocenters. The highest BCUT2D eigenvalue weighted by Crippen LogP contribution is 2.26. The molecule has 1 aromatic carbocycles. The van der Waals surface area contributed by atoms with Crippen LogP contribution < -0.4 is 5.32 Å². The summed E-state index contributed by atoms with van der Waals surface area (Å²) in [5.74, 6) is 0.596. The average molecular weight is 406 g/mol. The lowest BCUT2D eigenvalue weighted by atomic mass is 10.2. The van der Waals surface area contributed by atoms with E-state index in [1.54, 1.807) is 53.7 Å². The number of carbonyl (C=O) groups excluding carboxylic acids is 1. The number of carbonyl (C=O) groups is 1. The number of aryl methyl sites for hydroxylation is 1. The lowest BCUT2D eigenvalue weighted by Gasteiger charge is -2.26. The molecule has 2 aromatic rings. The summed E-state index contributed by atoms with van der Waals surface area (Å²) in [6, 6.07) is 8.79. The van der Waals surface area contributed by atoms with Crippen LogP contribution in [0.5, 0.6) is 0 Å². The lowest BCUT2D eigenvalue weighted by molar-refractivity contribution is -0.128. The third-order valence-corrected chi connectivity index (χ3v) is 7.00. The number of amides is 1. The van der Waals surface area contributed by atoms with Gasteiger partial charge in [0.05, 0.1) is 24.2 Å². The van der Waals surface area contributed by atoms with Crippen molar-refractivity contribution in [3.8, 4) is 0 Å². The van der Waals surface area contributed by atoms with E-state index in [1.807, 2.05) is 6.07 Å². The number of hydrogen-bond donors (Lipinski definition) is 1. The normalized spacial score (nSPS) is 15.4. The van der Waals surface area contributed by atoms with E-state index >= 15 is 0 Å².